The second-order valence-electron chi connectivity index (χ2n) is 2.81. The van der Waals surface area contributed by atoms with Crippen LogP contribution in [-0.2, 0) is 9.09 Å². The third-order valence-electron chi connectivity index (χ3n) is 1.01. The highest BCUT2D eigenvalue weighted by Gasteiger charge is 2.23. The van der Waals surface area contributed by atoms with Gasteiger partial charge in [0.25, 0.3) is 6.57 Å². The summed E-state index contributed by atoms with van der Waals surface area (Å²) in [5.74, 6) is 0. The van der Waals surface area contributed by atoms with E-state index in [0.717, 1.165) is 0 Å². The summed E-state index contributed by atoms with van der Waals surface area (Å²) in [4.78, 5) is 0. The fraction of sp³-hybridized carbons (Fsp3) is 1.00. The van der Waals surface area contributed by atoms with Gasteiger partial charge in [0.1, 0.15) is 0 Å². The van der Waals surface area contributed by atoms with E-state index in [4.69, 9.17) is 4.52 Å². The molecule has 0 amide bonds. The molecule has 0 spiro atoms. The fourth-order valence-electron chi connectivity index (χ4n) is 0.424. The molecule has 0 radical (unpaired) electrons. The summed E-state index contributed by atoms with van der Waals surface area (Å²) in [6.45, 7) is 4.77. The Kier molecular flexibility index (Phi) is 4.00. The summed E-state index contributed by atoms with van der Waals surface area (Å²) in [5, 5.41) is 0. The van der Waals surface area contributed by atoms with Crippen LogP contribution in [0.15, 0.2) is 0 Å². The van der Waals surface area contributed by atoms with Crippen molar-refractivity contribution in [1.29, 1.82) is 0 Å². The summed E-state index contributed by atoms with van der Waals surface area (Å²) in [5.41, 5.74) is -0.00164. The van der Waals surface area contributed by atoms with Gasteiger partial charge in [-0.2, -0.15) is 0 Å². The summed E-state index contributed by atoms with van der Waals surface area (Å²) in [6, 6.07) is 0. The first-order valence-corrected chi connectivity index (χ1v) is 6.22. The Bertz CT molecular complexity index is 145. The Morgan fingerprint density at radius 3 is 1.80 bits per heavy atom. The molecule has 0 heterocycles. The van der Waals surface area contributed by atoms with Crippen molar-refractivity contribution < 1.29 is 9.09 Å². The molecule has 4 heteroatoms. The average molecular weight is 182 g/mol. The molecule has 0 aromatic rings. The highest BCUT2D eigenvalue weighted by Crippen LogP contribution is 2.56. The lowest BCUT2D eigenvalue weighted by atomic mass is 10.5. The van der Waals surface area contributed by atoms with Crippen LogP contribution in [0.4, 0.5) is 0 Å². The molecule has 0 aliphatic rings. The van der Waals surface area contributed by atoms with Crippen LogP contribution in [0.5, 0.6) is 0 Å². The lowest BCUT2D eigenvalue weighted by molar-refractivity contribution is 0.250. The van der Waals surface area contributed by atoms with Gasteiger partial charge in [0, 0.05) is 5.66 Å². The van der Waals surface area contributed by atoms with Crippen molar-refractivity contribution in [3.05, 3.63) is 0 Å². The maximum absolute atomic E-state index is 11.4. The number of rotatable bonds is 3. The van der Waals surface area contributed by atoms with Crippen molar-refractivity contribution >= 4 is 18.8 Å². The molecule has 2 nitrogen and oxygen atoms in total. The molecule has 0 rings (SSSR count). The average Bonchev–Trinajstić information content (AvgIpc) is 1.60. The van der Waals surface area contributed by atoms with Crippen molar-refractivity contribution in [3.8, 4) is 0 Å². The number of hydrogen-bond acceptors (Lipinski definition) is 2. The third kappa shape index (κ3) is 3.65. The molecule has 0 aromatic carbocycles. The molecule has 0 saturated heterocycles. The van der Waals surface area contributed by atoms with Crippen molar-refractivity contribution in [2.75, 3.05) is 0 Å². The van der Waals surface area contributed by atoms with E-state index in [0.29, 0.717) is 0 Å². The number of hydrogen-bond donors (Lipinski definition) is 1. The minimum absolute atomic E-state index is 0.00164. The Labute approximate surface area is 68.0 Å². The lowest BCUT2D eigenvalue weighted by Gasteiger charge is -2.18. The highest BCUT2D eigenvalue weighted by molar-refractivity contribution is 8.46. The second-order valence-corrected chi connectivity index (χ2v) is 6.86. The maximum Gasteiger partial charge on any atom is 0.257 e. The van der Waals surface area contributed by atoms with Gasteiger partial charge in [0.05, 0.1) is 6.10 Å². The van der Waals surface area contributed by atoms with E-state index in [1.165, 1.54) is 0 Å². The third-order valence-corrected chi connectivity index (χ3v) is 4.71. The zero-order chi connectivity index (χ0) is 8.36. The molecule has 0 aromatic heterocycles. The van der Waals surface area contributed by atoms with E-state index >= 15 is 0 Å². The summed E-state index contributed by atoms with van der Waals surface area (Å²) < 4.78 is 16.5. The lowest BCUT2D eigenvalue weighted by Crippen LogP contribution is -2.03. The molecule has 1 atom stereocenters. The topological polar surface area (TPSA) is 26.3 Å². The van der Waals surface area contributed by atoms with Gasteiger partial charge >= 0.3 is 0 Å². The monoisotopic (exact) mass is 182 g/mol. The van der Waals surface area contributed by atoms with Crippen LogP contribution in [0.2, 0.25) is 0 Å². The molecular formula is C6H15O2PS. The minimum Gasteiger partial charge on any atom is -0.318 e. The first-order valence-electron chi connectivity index (χ1n) is 3.37. The molecule has 62 valence electrons. The molecule has 0 N–H and O–H groups in total. The van der Waals surface area contributed by atoms with Crippen LogP contribution in [0.25, 0.3) is 0 Å². The van der Waals surface area contributed by atoms with Crippen LogP contribution in [0, 0.1) is 0 Å². The Balaban J connectivity index is 4.01. The van der Waals surface area contributed by atoms with Crippen molar-refractivity contribution in [2.24, 2.45) is 0 Å². The quantitative estimate of drug-likeness (QED) is 0.536. The Hall–Kier alpha value is 0.540. The van der Waals surface area contributed by atoms with E-state index in [1.807, 2.05) is 27.7 Å². The van der Waals surface area contributed by atoms with E-state index in [2.05, 4.69) is 12.2 Å². The van der Waals surface area contributed by atoms with Gasteiger partial charge in [-0.3, -0.25) is 4.57 Å². The summed E-state index contributed by atoms with van der Waals surface area (Å²) in [7, 11) is 0. The van der Waals surface area contributed by atoms with Gasteiger partial charge in [-0.25, -0.2) is 0 Å². The first-order chi connectivity index (χ1) is 4.36. The highest BCUT2D eigenvalue weighted by atomic mass is 32.7. The molecule has 1 unspecified atom stereocenters. The first kappa shape index (κ1) is 10.5. The fourth-order valence-corrected chi connectivity index (χ4v) is 1.84. The van der Waals surface area contributed by atoms with E-state index in [9.17, 15) is 4.57 Å². The van der Waals surface area contributed by atoms with Crippen LogP contribution in [-0.4, -0.2) is 11.8 Å². The minimum atomic E-state index is -2.63. The van der Waals surface area contributed by atoms with Gasteiger partial charge in [0.15, 0.2) is 0 Å². The van der Waals surface area contributed by atoms with Gasteiger partial charge in [-0.1, -0.05) is 26.1 Å². The van der Waals surface area contributed by atoms with Crippen LogP contribution in [0.3, 0.4) is 0 Å². The SMILES string of the molecule is CC(C)OP(=O)(S)C(C)C. The van der Waals surface area contributed by atoms with Crippen LogP contribution < -0.4 is 0 Å². The zero-order valence-electron chi connectivity index (χ0n) is 6.87. The van der Waals surface area contributed by atoms with Gasteiger partial charge < -0.3 is 4.52 Å². The predicted octanol–water partition coefficient (Wildman–Crippen LogP) is 2.94. The standard InChI is InChI=1S/C6H15O2PS/c1-5(2)8-9(7,10)6(3)4/h5-6H,1-4H3,(H,7,10). The van der Waals surface area contributed by atoms with E-state index < -0.39 is 6.57 Å². The van der Waals surface area contributed by atoms with Crippen molar-refractivity contribution in [2.45, 2.75) is 39.5 Å². The second kappa shape index (κ2) is 3.80. The molecule has 0 aliphatic carbocycles. The largest absolute Gasteiger partial charge is 0.318 e. The molecular weight excluding hydrogens is 167 g/mol. The van der Waals surface area contributed by atoms with Crippen molar-refractivity contribution in [1.82, 2.24) is 0 Å². The zero-order valence-corrected chi connectivity index (χ0v) is 8.65. The van der Waals surface area contributed by atoms with Crippen LogP contribution >= 0.6 is 18.8 Å². The van der Waals surface area contributed by atoms with Crippen LogP contribution in [0.1, 0.15) is 27.7 Å². The van der Waals surface area contributed by atoms with Gasteiger partial charge in [-0.15, -0.1) is 0 Å². The number of thiol groups is 1. The molecule has 10 heavy (non-hydrogen) atoms. The smallest absolute Gasteiger partial charge is 0.257 e. The normalized spacial score (nSPS) is 17.9. The molecule has 0 bridgehead atoms. The Morgan fingerprint density at radius 2 is 1.70 bits per heavy atom. The summed E-state index contributed by atoms with van der Waals surface area (Å²) in [6.07, 6.45) is -0.00858. The van der Waals surface area contributed by atoms with Gasteiger partial charge in [0.2, 0.25) is 0 Å². The summed E-state index contributed by atoms with van der Waals surface area (Å²) >= 11 is 3.95. The molecule has 0 fully saturated rings. The van der Waals surface area contributed by atoms with Gasteiger partial charge in [-0.05, 0) is 13.8 Å². The maximum atomic E-state index is 11.4. The van der Waals surface area contributed by atoms with Crippen molar-refractivity contribution in [3.63, 3.8) is 0 Å². The Morgan fingerprint density at radius 1 is 1.30 bits per heavy atom. The van der Waals surface area contributed by atoms with E-state index in [-0.39, 0.29) is 11.8 Å². The predicted molar refractivity (Wildman–Crippen MR) is 47.9 cm³/mol. The van der Waals surface area contributed by atoms with E-state index in [1.54, 1.807) is 0 Å². The molecule has 0 saturated carbocycles. The molecule has 0 aliphatic heterocycles.